The smallest absolute Gasteiger partial charge is 0.0366 e. The van der Waals surface area contributed by atoms with E-state index in [2.05, 4.69) is 4.90 Å². The van der Waals surface area contributed by atoms with Gasteiger partial charge in [0.25, 0.3) is 0 Å². The average molecular weight is 109 g/mol. The Labute approximate surface area is 49.7 Å². The van der Waals surface area contributed by atoms with Gasteiger partial charge in [-0.05, 0) is 31.7 Å². The van der Waals surface area contributed by atoms with Gasteiger partial charge in [-0.15, -0.1) is 0 Å². The summed E-state index contributed by atoms with van der Waals surface area (Å²) < 4.78 is 0. The van der Waals surface area contributed by atoms with Crippen LogP contribution in [-0.4, -0.2) is 23.5 Å². The number of hydrogen-bond acceptors (Lipinski definition) is 1. The average Bonchev–Trinajstić information content (AvgIpc) is 2.36. The zero-order valence-electron chi connectivity index (χ0n) is 5.06. The molecule has 0 bridgehead atoms. The Hall–Kier alpha value is -0.0400. The molecule has 0 aromatic rings. The van der Waals surface area contributed by atoms with Crippen LogP contribution in [0.2, 0.25) is 0 Å². The second-order valence-corrected chi connectivity index (χ2v) is 3.55. The first-order chi connectivity index (χ1) is 3.92. The molecular weight excluding hydrogens is 98.1 g/mol. The summed E-state index contributed by atoms with van der Waals surface area (Å²) in [5.74, 6) is 1.14. The van der Waals surface area contributed by atoms with Gasteiger partial charge in [0.15, 0.2) is 0 Å². The Bertz CT molecular complexity index is 137. The summed E-state index contributed by atoms with van der Waals surface area (Å²) in [5, 5.41) is 0. The lowest BCUT2D eigenvalue weighted by atomic mass is 9.73. The van der Waals surface area contributed by atoms with E-state index in [9.17, 15) is 0 Å². The van der Waals surface area contributed by atoms with Crippen LogP contribution in [0.15, 0.2) is 0 Å². The van der Waals surface area contributed by atoms with E-state index in [1.807, 2.05) is 0 Å². The Balaban J connectivity index is 2.02. The highest BCUT2D eigenvalue weighted by atomic mass is 15.4. The first-order valence-corrected chi connectivity index (χ1v) is 3.67. The van der Waals surface area contributed by atoms with E-state index in [1.54, 1.807) is 0 Å². The lowest BCUT2D eigenvalue weighted by Crippen LogP contribution is -2.33. The van der Waals surface area contributed by atoms with Gasteiger partial charge in [0.1, 0.15) is 0 Å². The van der Waals surface area contributed by atoms with Gasteiger partial charge in [-0.2, -0.15) is 0 Å². The van der Waals surface area contributed by atoms with Gasteiger partial charge in [0, 0.05) is 12.1 Å². The van der Waals surface area contributed by atoms with E-state index >= 15 is 0 Å². The zero-order valence-corrected chi connectivity index (χ0v) is 5.06. The van der Waals surface area contributed by atoms with Crippen molar-refractivity contribution in [1.29, 1.82) is 0 Å². The quantitative estimate of drug-likeness (QED) is 0.417. The van der Waals surface area contributed by atoms with Crippen LogP contribution in [-0.2, 0) is 0 Å². The van der Waals surface area contributed by atoms with Crippen LogP contribution in [0.4, 0.5) is 0 Å². The van der Waals surface area contributed by atoms with Crippen molar-refractivity contribution in [3.05, 3.63) is 0 Å². The largest absolute Gasteiger partial charge is 0.294 e. The molecule has 2 aliphatic heterocycles. The fraction of sp³-hybridized carbons (Fsp3) is 1.00. The third kappa shape index (κ3) is 0.218. The van der Waals surface area contributed by atoms with Crippen molar-refractivity contribution in [3.8, 4) is 0 Å². The minimum Gasteiger partial charge on any atom is -0.294 e. The molecule has 0 aromatic carbocycles. The van der Waals surface area contributed by atoms with Crippen molar-refractivity contribution in [3.63, 3.8) is 0 Å². The molecule has 0 radical (unpaired) electrons. The fourth-order valence-corrected chi connectivity index (χ4v) is 2.63. The van der Waals surface area contributed by atoms with Crippen LogP contribution >= 0.6 is 0 Å². The molecule has 1 aliphatic carbocycles. The third-order valence-corrected chi connectivity index (χ3v) is 3.42. The lowest BCUT2D eigenvalue weighted by molar-refractivity contribution is 0.230. The van der Waals surface area contributed by atoms with Crippen LogP contribution < -0.4 is 0 Å². The molecule has 44 valence electrons. The molecule has 0 amide bonds. The predicted molar refractivity (Wildman–Crippen MR) is 31.6 cm³/mol. The van der Waals surface area contributed by atoms with Gasteiger partial charge in [0.05, 0.1) is 0 Å². The van der Waals surface area contributed by atoms with E-state index < -0.39 is 0 Å². The molecule has 8 heavy (non-hydrogen) atoms. The molecule has 3 unspecified atom stereocenters. The van der Waals surface area contributed by atoms with Crippen LogP contribution in [0.1, 0.15) is 19.3 Å². The Morgan fingerprint density at radius 2 is 2.38 bits per heavy atom. The highest BCUT2D eigenvalue weighted by Gasteiger charge is 2.65. The molecule has 2 saturated heterocycles. The zero-order chi connectivity index (χ0) is 5.19. The van der Waals surface area contributed by atoms with Gasteiger partial charge in [0.2, 0.25) is 0 Å². The molecule has 0 aromatic heterocycles. The summed E-state index contributed by atoms with van der Waals surface area (Å²) in [6.07, 6.45) is 4.58. The van der Waals surface area contributed by atoms with Crippen LogP contribution in [0.25, 0.3) is 0 Å². The van der Waals surface area contributed by atoms with E-state index in [0.717, 1.165) is 11.5 Å². The van der Waals surface area contributed by atoms with Gasteiger partial charge >= 0.3 is 0 Å². The second-order valence-electron chi connectivity index (χ2n) is 3.55. The van der Waals surface area contributed by atoms with E-state index in [4.69, 9.17) is 0 Å². The molecule has 3 rings (SSSR count). The van der Waals surface area contributed by atoms with E-state index in [1.165, 1.54) is 32.4 Å². The lowest BCUT2D eigenvalue weighted by Gasteiger charge is -2.31. The second kappa shape index (κ2) is 0.860. The van der Waals surface area contributed by atoms with Crippen LogP contribution in [0.3, 0.4) is 0 Å². The summed E-state index contributed by atoms with van der Waals surface area (Å²) in [6, 6.07) is 0. The maximum Gasteiger partial charge on any atom is 0.0366 e. The minimum absolute atomic E-state index is 0.833. The van der Waals surface area contributed by atoms with E-state index in [-0.39, 0.29) is 0 Å². The maximum absolute atomic E-state index is 2.65. The maximum atomic E-state index is 2.65. The minimum atomic E-state index is 0.833. The van der Waals surface area contributed by atoms with Crippen molar-refractivity contribution in [1.82, 2.24) is 4.90 Å². The first kappa shape index (κ1) is 3.89. The molecule has 1 nitrogen and oxygen atoms in total. The number of nitrogens with zero attached hydrogens (tertiary/aromatic N) is 1. The first-order valence-electron chi connectivity index (χ1n) is 3.67. The monoisotopic (exact) mass is 109 g/mol. The topological polar surface area (TPSA) is 3.01 Å². The summed E-state index contributed by atoms with van der Waals surface area (Å²) in [5.41, 5.74) is 0.833. The van der Waals surface area contributed by atoms with Crippen molar-refractivity contribution < 1.29 is 0 Å². The molecule has 3 atom stereocenters. The molecule has 3 aliphatic rings. The normalized spacial score (nSPS) is 66.0. The Morgan fingerprint density at radius 1 is 1.38 bits per heavy atom. The van der Waals surface area contributed by atoms with E-state index in [0.29, 0.717) is 0 Å². The van der Waals surface area contributed by atoms with Gasteiger partial charge in [-0.1, -0.05) is 0 Å². The summed E-state index contributed by atoms with van der Waals surface area (Å²) in [6.45, 7) is 2.88. The summed E-state index contributed by atoms with van der Waals surface area (Å²) >= 11 is 0. The third-order valence-electron chi connectivity index (χ3n) is 3.42. The van der Waals surface area contributed by atoms with Crippen molar-refractivity contribution in [2.75, 3.05) is 13.1 Å². The summed E-state index contributed by atoms with van der Waals surface area (Å²) in [7, 11) is 0. The summed E-state index contributed by atoms with van der Waals surface area (Å²) in [4.78, 5) is 2.65. The fourth-order valence-electron chi connectivity index (χ4n) is 2.63. The molecule has 1 saturated carbocycles. The predicted octanol–water partition coefficient (Wildman–Crippen LogP) is 0.855. The van der Waals surface area contributed by atoms with Crippen molar-refractivity contribution in [2.24, 2.45) is 5.92 Å². The van der Waals surface area contributed by atoms with Crippen LogP contribution in [0.5, 0.6) is 0 Å². The standard InChI is InChI=1S/C7H11N/c1-3-7-5-8(7)4-2-6(1)7/h6H,1-5H2. The van der Waals surface area contributed by atoms with Crippen molar-refractivity contribution in [2.45, 2.75) is 24.8 Å². The highest BCUT2D eigenvalue weighted by molar-refractivity contribution is 5.21. The Morgan fingerprint density at radius 3 is 2.62 bits per heavy atom. The molecule has 0 N–H and O–H groups in total. The van der Waals surface area contributed by atoms with Crippen LogP contribution in [0, 0.1) is 5.92 Å². The van der Waals surface area contributed by atoms with Crippen molar-refractivity contribution >= 4 is 0 Å². The Kier molecular flexibility index (Phi) is 0.418. The molecule has 2 heterocycles. The SMILES string of the molecule is C1CN2CC23CCC13. The number of hydrogen-bond donors (Lipinski definition) is 0. The number of rotatable bonds is 0. The van der Waals surface area contributed by atoms with Gasteiger partial charge < -0.3 is 0 Å². The number of piperidine rings is 1. The van der Waals surface area contributed by atoms with Gasteiger partial charge in [-0.25, -0.2) is 0 Å². The molecule has 3 fully saturated rings. The molecule has 1 spiro atoms. The van der Waals surface area contributed by atoms with Gasteiger partial charge in [-0.3, -0.25) is 4.90 Å². The molecular formula is C7H11N. The highest BCUT2D eigenvalue weighted by Crippen LogP contribution is 2.59. The molecule has 1 heteroatoms.